The van der Waals surface area contributed by atoms with Crippen molar-refractivity contribution in [2.24, 2.45) is 0 Å². The molecule has 1 aliphatic heterocycles. The van der Waals surface area contributed by atoms with Gasteiger partial charge in [-0.1, -0.05) is 0 Å². The zero-order valence-corrected chi connectivity index (χ0v) is 15.6. The Bertz CT molecular complexity index is 1190. The Morgan fingerprint density at radius 3 is 2.35 bits per heavy atom. The van der Waals surface area contributed by atoms with Crippen LogP contribution in [-0.4, -0.2) is 73.1 Å². The molecular formula is C19H18O12. The molecule has 0 aliphatic carbocycles. The summed E-state index contributed by atoms with van der Waals surface area (Å²) in [5.74, 6) is -2.02. The number of hydrogen-bond acceptors (Lipinski definition) is 12. The van der Waals surface area contributed by atoms with Crippen LogP contribution in [0, 0.1) is 0 Å². The summed E-state index contributed by atoms with van der Waals surface area (Å²) in [6, 6.07) is 4.41. The van der Waals surface area contributed by atoms with Gasteiger partial charge >= 0.3 is 0 Å². The van der Waals surface area contributed by atoms with Crippen LogP contribution < -0.4 is 10.3 Å². The first-order valence-electron chi connectivity index (χ1n) is 9.01. The van der Waals surface area contributed by atoms with Gasteiger partial charge in [-0.2, -0.15) is 4.89 Å². The SMILES string of the molecule is O=c1c2c(O)cc(O)cc2oc2ccc(O)c(OO[C@@H]3O[C@H](CO)[C@@H](O)[C@H](O)[C@H]3O)c12. The summed E-state index contributed by atoms with van der Waals surface area (Å²) in [6.07, 6.45) is -8.13. The molecule has 7 N–H and O–H groups in total. The summed E-state index contributed by atoms with van der Waals surface area (Å²) in [4.78, 5) is 22.9. The molecule has 0 bridgehead atoms. The first-order valence-corrected chi connectivity index (χ1v) is 9.01. The molecule has 1 saturated heterocycles. The molecule has 2 heterocycles. The lowest BCUT2D eigenvalue weighted by Crippen LogP contribution is -2.59. The van der Waals surface area contributed by atoms with Crippen LogP contribution in [-0.2, 0) is 9.62 Å². The molecule has 12 heteroatoms. The van der Waals surface area contributed by atoms with E-state index in [1.807, 2.05) is 0 Å². The van der Waals surface area contributed by atoms with Crippen molar-refractivity contribution in [2.45, 2.75) is 30.7 Å². The van der Waals surface area contributed by atoms with Gasteiger partial charge in [-0.15, -0.1) is 0 Å². The number of phenolic OH excluding ortho intramolecular Hbond substituents is 3. The number of phenols is 3. The number of fused-ring (bicyclic) bond motifs is 2. The monoisotopic (exact) mass is 438 g/mol. The van der Waals surface area contributed by atoms with Crippen molar-refractivity contribution in [1.29, 1.82) is 0 Å². The molecule has 0 unspecified atom stereocenters. The summed E-state index contributed by atoms with van der Waals surface area (Å²) in [5, 5.41) is 68.1. The molecule has 0 radical (unpaired) electrons. The number of rotatable bonds is 4. The number of aliphatic hydroxyl groups is 4. The third-order valence-corrected chi connectivity index (χ3v) is 4.91. The standard InChI is InChI=1S/C19H18O12/c20-5-11-14(24)16(26)17(27)19(29-11)31-30-18-7(22)1-2-9-13(18)15(25)12-8(23)3-6(21)4-10(12)28-9/h1-4,11,14,16-17,19-24,26-27H,5H2/t11-,14-,16+,17-,19+/m1/s1. The smallest absolute Gasteiger partial charge is 0.232 e. The highest BCUT2D eigenvalue weighted by molar-refractivity contribution is 5.97. The molecule has 1 fully saturated rings. The van der Waals surface area contributed by atoms with E-state index < -0.39 is 60.0 Å². The fourth-order valence-electron chi connectivity index (χ4n) is 3.32. The lowest BCUT2D eigenvalue weighted by Gasteiger charge is -2.38. The van der Waals surface area contributed by atoms with Crippen LogP contribution in [0.4, 0.5) is 0 Å². The van der Waals surface area contributed by atoms with Crippen molar-refractivity contribution in [1.82, 2.24) is 0 Å². The predicted molar refractivity (Wildman–Crippen MR) is 100 cm³/mol. The third kappa shape index (κ3) is 3.50. The van der Waals surface area contributed by atoms with Crippen LogP contribution in [0.5, 0.6) is 23.0 Å². The average molecular weight is 438 g/mol. The van der Waals surface area contributed by atoms with Gasteiger partial charge in [0.1, 0.15) is 57.9 Å². The van der Waals surface area contributed by atoms with Crippen LogP contribution >= 0.6 is 0 Å². The summed E-state index contributed by atoms with van der Waals surface area (Å²) in [6.45, 7) is -0.702. The minimum Gasteiger partial charge on any atom is -0.508 e. The first-order chi connectivity index (χ1) is 14.7. The topological polar surface area (TPSA) is 200 Å². The fraction of sp³-hybridized carbons (Fsp3) is 0.316. The maximum Gasteiger partial charge on any atom is 0.232 e. The second-order valence-electron chi connectivity index (χ2n) is 6.93. The number of ether oxygens (including phenoxy) is 1. The van der Waals surface area contributed by atoms with Crippen molar-refractivity contribution in [3.05, 3.63) is 34.5 Å². The lowest BCUT2D eigenvalue weighted by molar-refractivity contribution is -0.386. The summed E-state index contributed by atoms with van der Waals surface area (Å²) in [7, 11) is 0. The van der Waals surface area contributed by atoms with Gasteiger partial charge in [0.2, 0.25) is 17.5 Å². The first kappa shape index (κ1) is 21.1. The molecule has 5 atom stereocenters. The van der Waals surface area contributed by atoms with Gasteiger partial charge < -0.3 is 49.8 Å². The Morgan fingerprint density at radius 1 is 0.903 bits per heavy atom. The van der Waals surface area contributed by atoms with E-state index in [4.69, 9.17) is 18.9 Å². The van der Waals surface area contributed by atoms with E-state index in [1.165, 1.54) is 6.07 Å². The van der Waals surface area contributed by atoms with E-state index >= 15 is 0 Å². The highest BCUT2D eigenvalue weighted by atomic mass is 17.2. The Hall–Kier alpha value is -3.13. The molecule has 0 spiro atoms. The Balaban J connectivity index is 1.75. The molecular weight excluding hydrogens is 420 g/mol. The van der Waals surface area contributed by atoms with Gasteiger partial charge in [0, 0.05) is 12.1 Å². The van der Waals surface area contributed by atoms with Crippen LogP contribution in [0.2, 0.25) is 0 Å². The van der Waals surface area contributed by atoms with Crippen molar-refractivity contribution in [3.8, 4) is 23.0 Å². The maximum absolute atomic E-state index is 13.0. The summed E-state index contributed by atoms with van der Waals surface area (Å²) < 4.78 is 10.6. The Kier molecular flexibility index (Phi) is 5.35. The van der Waals surface area contributed by atoms with Gasteiger partial charge in [-0.05, 0) is 12.1 Å². The predicted octanol–water partition coefficient (Wildman–Crippen LogP) is -0.827. The van der Waals surface area contributed by atoms with E-state index in [1.54, 1.807) is 0 Å². The van der Waals surface area contributed by atoms with Gasteiger partial charge in [-0.25, -0.2) is 0 Å². The van der Waals surface area contributed by atoms with Gasteiger partial charge in [0.25, 0.3) is 0 Å². The molecule has 1 aromatic heterocycles. The van der Waals surface area contributed by atoms with Gasteiger partial charge in [0.15, 0.2) is 5.75 Å². The molecule has 166 valence electrons. The minimum atomic E-state index is -1.79. The summed E-state index contributed by atoms with van der Waals surface area (Å²) in [5.41, 5.74) is -1.04. The van der Waals surface area contributed by atoms with Crippen LogP contribution in [0.3, 0.4) is 0 Å². The van der Waals surface area contributed by atoms with Gasteiger partial charge in [-0.3, -0.25) is 4.79 Å². The van der Waals surface area contributed by atoms with Crippen molar-refractivity contribution < 1.29 is 54.7 Å². The number of aliphatic hydroxyl groups excluding tert-OH is 4. The summed E-state index contributed by atoms with van der Waals surface area (Å²) >= 11 is 0. The minimum absolute atomic E-state index is 0.0901. The van der Waals surface area contributed by atoms with Crippen LogP contribution in [0.15, 0.2) is 33.5 Å². The quantitative estimate of drug-likeness (QED) is 0.152. The van der Waals surface area contributed by atoms with E-state index in [-0.39, 0.29) is 27.7 Å². The zero-order chi connectivity index (χ0) is 22.4. The normalized spacial score (nSPS) is 26.4. The second kappa shape index (κ2) is 7.85. The molecule has 1 aliphatic rings. The highest BCUT2D eigenvalue weighted by Gasteiger charge is 2.45. The largest absolute Gasteiger partial charge is 0.508 e. The molecule has 2 aromatic carbocycles. The molecule has 4 rings (SSSR count). The fourth-order valence-corrected chi connectivity index (χ4v) is 3.32. The number of benzene rings is 2. The number of aromatic hydroxyl groups is 3. The molecule has 12 nitrogen and oxygen atoms in total. The molecule has 3 aromatic rings. The van der Waals surface area contributed by atoms with Crippen molar-refractivity contribution in [2.75, 3.05) is 6.61 Å². The van der Waals surface area contributed by atoms with Crippen molar-refractivity contribution >= 4 is 21.9 Å². The number of hydrogen-bond donors (Lipinski definition) is 7. The third-order valence-electron chi connectivity index (χ3n) is 4.91. The van der Waals surface area contributed by atoms with E-state index in [0.717, 1.165) is 18.2 Å². The van der Waals surface area contributed by atoms with Crippen LogP contribution in [0.25, 0.3) is 21.9 Å². The van der Waals surface area contributed by atoms with Crippen molar-refractivity contribution in [3.63, 3.8) is 0 Å². The maximum atomic E-state index is 13.0. The van der Waals surface area contributed by atoms with E-state index in [0.29, 0.717) is 0 Å². The average Bonchev–Trinajstić information content (AvgIpc) is 2.72. The zero-order valence-electron chi connectivity index (χ0n) is 15.6. The lowest BCUT2D eigenvalue weighted by atomic mass is 9.99. The molecule has 0 amide bonds. The molecule has 0 saturated carbocycles. The van der Waals surface area contributed by atoms with E-state index in [9.17, 15) is 40.5 Å². The molecule has 31 heavy (non-hydrogen) atoms. The Morgan fingerprint density at radius 2 is 1.65 bits per heavy atom. The highest BCUT2D eigenvalue weighted by Crippen LogP contribution is 2.37. The second-order valence-corrected chi connectivity index (χ2v) is 6.93. The Labute approximate surface area is 172 Å². The van der Waals surface area contributed by atoms with Crippen LogP contribution in [0.1, 0.15) is 0 Å². The van der Waals surface area contributed by atoms with Gasteiger partial charge in [0.05, 0.1) is 6.61 Å². The van der Waals surface area contributed by atoms with E-state index in [2.05, 4.69) is 0 Å².